The summed E-state index contributed by atoms with van der Waals surface area (Å²) in [6.07, 6.45) is 1.43. The lowest BCUT2D eigenvalue weighted by Gasteiger charge is -2.14. The quantitative estimate of drug-likeness (QED) is 0.836. The maximum absolute atomic E-state index is 11.5. The number of anilines is 1. The monoisotopic (exact) mass is 223 g/mol. The van der Waals surface area contributed by atoms with E-state index in [2.05, 4.69) is 10.3 Å². The van der Waals surface area contributed by atoms with E-state index in [9.17, 15) is 4.79 Å². The van der Waals surface area contributed by atoms with Crippen LogP contribution in [0.2, 0.25) is 5.02 Å². The van der Waals surface area contributed by atoms with Crippen LogP contribution in [-0.2, 0) is 4.79 Å². The van der Waals surface area contributed by atoms with Crippen molar-refractivity contribution in [2.45, 2.75) is 13.8 Å². The number of hydrogen-bond acceptors (Lipinski definition) is 3. The van der Waals surface area contributed by atoms with Crippen LogP contribution in [0.5, 0.6) is 0 Å². The van der Waals surface area contributed by atoms with Crippen molar-refractivity contribution in [1.29, 1.82) is 5.26 Å². The van der Waals surface area contributed by atoms with Gasteiger partial charge in [0.15, 0.2) is 0 Å². The van der Waals surface area contributed by atoms with Crippen LogP contribution in [0.25, 0.3) is 0 Å². The van der Waals surface area contributed by atoms with E-state index < -0.39 is 5.41 Å². The lowest BCUT2D eigenvalue weighted by Crippen LogP contribution is -2.29. The van der Waals surface area contributed by atoms with E-state index in [0.717, 1.165) is 0 Å². The zero-order valence-corrected chi connectivity index (χ0v) is 9.17. The Hall–Kier alpha value is -1.60. The first-order valence-electron chi connectivity index (χ1n) is 4.30. The number of pyridine rings is 1. The molecule has 0 aliphatic carbocycles. The molecule has 0 spiro atoms. The molecule has 0 atom stereocenters. The summed E-state index contributed by atoms with van der Waals surface area (Å²) in [6, 6.07) is 5.10. The van der Waals surface area contributed by atoms with Gasteiger partial charge in [0.05, 0.1) is 11.1 Å². The Kier molecular flexibility index (Phi) is 3.28. The average Bonchev–Trinajstić information content (AvgIpc) is 2.21. The Morgan fingerprint density at radius 3 is 2.73 bits per heavy atom. The lowest BCUT2D eigenvalue weighted by molar-refractivity contribution is -0.121. The largest absolute Gasteiger partial charge is 0.309 e. The number of nitriles is 1. The summed E-state index contributed by atoms with van der Waals surface area (Å²) >= 11 is 5.64. The van der Waals surface area contributed by atoms with Crippen molar-refractivity contribution in [1.82, 2.24) is 4.98 Å². The topological polar surface area (TPSA) is 65.8 Å². The summed E-state index contributed by atoms with van der Waals surface area (Å²) in [5.41, 5.74) is -1.07. The van der Waals surface area contributed by atoms with Crippen molar-refractivity contribution in [3.8, 4) is 6.07 Å². The van der Waals surface area contributed by atoms with Gasteiger partial charge in [-0.05, 0) is 26.0 Å². The summed E-state index contributed by atoms with van der Waals surface area (Å²) in [6.45, 7) is 3.08. The van der Waals surface area contributed by atoms with E-state index in [1.54, 1.807) is 12.1 Å². The SMILES string of the molecule is CC(C)(C#N)C(=O)Nc1ccc(Cl)cn1. The first kappa shape index (κ1) is 11.5. The van der Waals surface area contributed by atoms with E-state index >= 15 is 0 Å². The minimum atomic E-state index is -1.07. The third-order valence-electron chi connectivity index (χ3n) is 1.82. The van der Waals surface area contributed by atoms with Crippen LogP contribution in [0.15, 0.2) is 18.3 Å². The Labute approximate surface area is 92.9 Å². The summed E-state index contributed by atoms with van der Waals surface area (Å²) in [5.74, 6) is -0.00690. The van der Waals surface area contributed by atoms with Crippen LogP contribution >= 0.6 is 11.6 Å². The van der Waals surface area contributed by atoms with Crippen LogP contribution in [-0.4, -0.2) is 10.9 Å². The number of rotatable bonds is 2. The van der Waals surface area contributed by atoms with Gasteiger partial charge in [0.1, 0.15) is 11.2 Å². The molecule has 1 heterocycles. The van der Waals surface area contributed by atoms with Gasteiger partial charge in [0, 0.05) is 6.20 Å². The molecule has 5 heteroatoms. The van der Waals surface area contributed by atoms with Crippen LogP contribution in [0.1, 0.15) is 13.8 Å². The predicted molar refractivity (Wildman–Crippen MR) is 57.3 cm³/mol. The second-order valence-corrected chi connectivity index (χ2v) is 3.99. The smallest absolute Gasteiger partial charge is 0.245 e. The molecule has 1 rings (SSSR count). The maximum atomic E-state index is 11.5. The number of amides is 1. The molecule has 0 fully saturated rings. The van der Waals surface area contributed by atoms with Crippen molar-refractivity contribution in [2.24, 2.45) is 5.41 Å². The highest BCUT2D eigenvalue weighted by atomic mass is 35.5. The second kappa shape index (κ2) is 4.28. The van der Waals surface area contributed by atoms with E-state index in [4.69, 9.17) is 16.9 Å². The minimum Gasteiger partial charge on any atom is -0.309 e. The molecule has 0 radical (unpaired) electrons. The zero-order chi connectivity index (χ0) is 11.5. The molecule has 0 bridgehead atoms. The molecule has 0 aliphatic rings. The highest BCUT2D eigenvalue weighted by Gasteiger charge is 2.27. The number of nitrogens with one attached hydrogen (secondary N) is 1. The molecule has 0 saturated carbocycles. The predicted octanol–water partition coefficient (Wildman–Crippen LogP) is 2.22. The molecule has 4 nitrogen and oxygen atoms in total. The molecular weight excluding hydrogens is 214 g/mol. The number of aromatic nitrogens is 1. The minimum absolute atomic E-state index is 0.382. The number of carbonyl (C=O) groups is 1. The van der Waals surface area contributed by atoms with Crippen LogP contribution in [0.3, 0.4) is 0 Å². The van der Waals surface area contributed by atoms with Crippen molar-refractivity contribution < 1.29 is 4.79 Å². The highest BCUT2D eigenvalue weighted by molar-refractivity contribution is 6.30. The fourth-order valence-electron chi connectivity index (χ4n) is 0.773. The van der Waals surface area contributed by atoms with E-state index in [-0.39, 0.29) is 5.91 Å². The highest BCUT2D eigenvalue weighted by Crippen LogP contribution is 2.17. The Bertz CT molecular complexity index is 406. The first-order chi connectivity index (χ1) is 6.95. The van der Waals surface area contributed by atoms with Crippen LogP contribution in [0, 0.1) is 16.7 Å². The van der Waals surface area contributed by atoms with Gasteiger partial charge in [-0.3, -0.25) is 4.79 Å². The van der Waals surface area contributed by atoms with Gasteiger partial charge < -0.3 is 5.32 Å². The van der Waals surface area contributed by atoms with E-state index in [1.807, 2.05) is 6.07 Å². The van der Waals surface area contributed by atoms with Crippen molar-refractivity contribution in [3.63, 3.8) is 0 Å². The number of hydrogen-bond donors (Lipinski definition) is 1. The van der Waals surface area contributed by atoms with E-state index in [1.165, 1.54) is 20.0 Å². The summed E-state index contributed by atoms with van der Waals surface area (Å²) in [5, 5.41) is 11.8. The standard InChI is InChI=1S/C10H10ClN3O/c1-10(2,6-12)9(15)14-8-4-3-7(11)5-13-8/h3-5H,1-2H3,(H,13,14,15). The molecule has 0 aliphatic heterocycles. The van der Waals surface area contributed by atoms with Gasteiger partial charge in [0.25, 0.3) is 0 Å². The van der Waals surface area contributed by atoms with Gasteiger partial charge in [-0.2, -0.15) is 5.26 Å². The van der Waals surface area contributed by atoms with Gasteiger partial charge in [0.2, 0.25) is 5.91 Å². The van der Waals surface area contributed by atoms with Gasteiger partial charge >= 0.3 is 0 Å². The summed E-state index contributed by atoms with van der Waals surface area (Å²) in [7, 11) is 0. The van der Waals surface area contributed by atoms with Crippen molar-refractivity contribution >= 4 is 23.3 Å². The first-order valence-corrected chi connectivity index (χ1v) is 4.68. The molecule has 15 heavy (non-hydrogen) atoms. The average molecular weight is 224 g/mol. The molecule has 0 aromatic carbocycles. The second-order valence-electron chi connectivity index (χ2n) is 3.55. The number of halogens is 1. The lowest BCUT2D eigenvalue weighted by atomic mass is 9.95. The normalized spacial score (nSPS) is 10.5. The summed E-state index contributed by atoms with van der Waals surface area (Å²) < 4.78 is 0. The van der Waals surface area contributed by atoms with Gasteiger partial charge in [-0.25, -0.2) is 4.98 Å². The maximum Gasteiger partial charge on any atom is 0.245 e. The van der Waals surface area contributed by atoms with Crippen LogP contribution in [0.4, 0.5) is 5.82 Å². The molecule has 1 amide bonds. The third kappa shape index (κ3) is 2.93. The van der Waals surface area contributed by atoms with Crippen molar-refractivity contribution in [2.75, 3.05) is 5.32 Å². The third-order valence-corrected chi connectivity index (χ3v) is 2.04. The molecule has 0 saturated heterocycles. The molecule has 1 aromatic heterocycles. The number of carbonyl (C=O) groups excluding carboxylic acids is 1. The molecule has 78 valence electrons. The zero-order valence-electron chi connectivity index (χ0n) is 8.41. The number of nitrogens with zero attached hydrogens (tertiary/aromatic N) is 2. The fraction of sp³-hybridized carbons (Fsp3) is 0.300. The van der Waals surface area contributed by atoms with Crippen molar-refractivity contribution in [3.05, 3.63) is 23.4 Å². The van der Waals surface area contributed by atoms with E-state index in [0.29, 0.717) is 10.8 Å². The molecule has 0 unspecified atom stereocenters. The molecule has 1 N–H and O–H groups in total. The van der Waals surface area contributed by atoms with Crippen LogP contribution < -0.4 is 5.32 Å². The van der Waals surface area contributed by atoms with Gasteiger partial charge in [-0.1, -0.05) is 11.6 Å². The Morgan fingerprint density at radius 1 is 1.60 bits per heavy atom. The summed E-state index contributed by atoms with van der Waals surface area (Å²) in [4.78, 5) is 15.4. The Morgan fingerprint density at radius 2 is 2.27 bits per heavy atom. The fourth-order valence-corrected chi connectivity index (χ4v) is 0.885. The Balaban J connectivity index is 2.76. The van der Waals surface area contributed by atoms with Gasteiger partial charge in [-0.15, -0.1) is 0 Å². The molecule has 1 aromatic rings. The molecular formula is C10H10ClN3O.